The lowest BCUT2D eigenvalue weighted by Crippen LogP contribution is -2.35. The Hall–Kier alpha value is -2.71. The molecule has 1 aliphatic rings. The highest BCUT2D eigenvalue weighted by molar-refractivity contribution is 7.89. The number of amides is 2. The normalized spacial score (nSPS) is 15.3. The zero-order valence-corrected chi connectivity index (χ0v) is 15.5. The van der Waals surface area contributed by atoms with Crippen LogP contribution < -0.4 is 11.1 Å². The van der Waals surface area contributed by atoms with Crippen molar-refractivity contribution in [3.8, 4) is 0 Å². The number of nitrogens with zero attached hydrogens (tertiary/aromatic N) is 1. The second kappa shape index (κ2) is 7.89. The smallest absolute Gasteiger partial charge is 0.255 e. The predicted octanol–water partition coefficient (Wildman–Crippen LogP) is 2.21. The van der Waals surface area contributed by atoms with Gasteiger partial charge in [0.2, 0.25) is 10.0 Å². The molecule has 0 saturated carbocycles. The fraction of sp³-hybridized carbons (Fsp3) is 0.263. The van der Waals surface area contributed by atoms with E-state index >= 15 is 0 Å². The van der Waals surface area contributed by atoms with Gasteiger partial charge in [-0.15, -0.1) is 0 Å². The summed E-state index contributed by atoms with van der Waals surface area (Å²) >= 11 is 0. The molecule has 0 aromatic heterocycles. The van der Waals surface area contributed by atoms with E-state index in [0.717, 1.165) is 19.3 Å². The van der Waals surface area contributed by atoms with Crippen LogP contribution in [-0.2, 0) is 10.0 Å². The summed E-state index contributed by atoms with van der Waals surface area (Å²) in [5.74, 6) is -1.17. The molecule has 27 heavy (non-hydrogen) atoms. The Labute approximate surface area is 158 Å². The molecule has 0 atom stereocenters. The molecule has 2 aromatic rings. The van der Waals surface area contributed by atoms with Crippen LogP contribution in [0.3, 0.4) is 0 Å². The van der Waals surface area contributed by atoms with Crippen LogP contribution in [0.15, 0.2) is 53.4 Å². The molecule has 0 bridgehead atoms. The third-order valence-electron chi connectivity index (χ3n) is 4.49. The van der Waals surface area contributed by atoms with Crippen molar-refractivity contribution in [1.82, 2.24) is 4.31 Å². The van der Waals surface area contributed by atoms with Gasteiger partial charge >= 0.3 is 0 Å². The van der Waals surface area contributed by atoms with E-state index in [1.165, 1.54) is 34.6 Å². The lowest BCUT2D eigenvalue weighted by molar-refractivity contribution is 0.100. The summed E-state index contributed by atoms with van der Waals surface area (Å²) in [6, 6.07) is 12.3. The summed E-state index contributed by atoms with van der Waals surface area (Å²) in [6.07, 6.45) is 2.69. The molecule has 3 N–H and O–H groups in total. The summed E-state index contributed by atoms with van der Waals surface area (Å²) in [6.45, 7) is 0.982. The molecule has 1 fully saturated rings. The van der Waals surface area contributed by atoms with Gasteiger partial charge < -0.3 is 11.1 Å². The molecule has 3 rings (SSSR count). The van der Waals surface area contributed by atoms with Crippen LogP contribution >= 0.6 is 0 Å². The number of piperidine rings is 1. The standard InChI is InChI=1S/C19H21N3O4S/c20-18(23)16-9-2-3-10-17(16)21-19(24)14-7-6-8-15(13-14)27(25,26)22-11-4-1-5-12-22/h2-3,6-10,13H,1,4-5,11-12H2,(H2,20,23)(H,21,24). The fourth-order valence-corrected chi connectivity index (χ4v) is 4.62. The Morgan fingerprint density at radius 3 is 2.37 bits per heavy atom. The van der Waals surface area contributed by atoms with Crippen LogP contribution in [0.25, 0.3) is 0 Å². The van der Waals surface area contributed by atoms with Gasteiger partial charge in [0.1, 0.15) is 0 Å². The topological polar surface area (TPSA) is 110 Å². The van der Waals surface area contributed by atoms with E-state index in [2.05, 4.69) is 5.32 Å². The first-order valence-electron chi connectivity index (χ1n) is 8.70. The molecular formula is C19H21N3O4S. The van der Waals surface area contributed by atoms with Gasteiger partial charge in [0.25, 0.3) is 11.8 Å². The van der Waals surface area contributed by atoms with Crippen molar-refractivity contribution in [3.05, 3.63) is 59.7 Å². The third kappa shape index (κ3) is 4.17. The SMILES string of the molecule is NC(=O)c1ccccc1NC(=O)c1cccc(S(=O)(=O)N2CCCCC2)c1. The van der Waals surface area contributed by atoms with Crippen molar-refractivity contribution >= 4 is 27.5 Å². The molecule has 1 aliphatic heterocycles. The van der Waals surface area contributed by atoms with Crippen molar-refractivity contribution in [2.45, 2.75) is 24.2 Å². The summed E-state index contributed by atoms with van der Waals surface area (Å²) < 4.78 is 27.0. The quantitative estimate of drug-likeness (QED) is 0.819. The zero-order chi connectivity index (χ0) is 19.4. The number of primary amides is 1. The minimum atomic E-state index is -3.63. The van der Waals surface area contributed by atoms with Crippen molar-refractivity contribution < 1.29 is 18.0 Å². The first-order chi connectivity index (χ1) is 12.9. The summed E-state index contributed by atoms with van der Waals surface area (Å²) in [7, 11) is -3.63. The van der Waals surface area contributed by atoms with E-state index in [1.807, 2.05) is 0 Å². The first-order valence-corrected chi connectivity index (χ1v) is 10.1. The molecule has 0 radical (unpaired) electrons. The van der Waals surface area contributed by atoms with Gasteiger partial charge in [-0.2, -0.15) is 4.31 Å². The van der Waals surface area contributed by atoms with E-state index in [1.54, 1.807) is 18.2 Å². The minimum absolute atomic E-state index is 0.0836. The van der Waals surface area contributed by atoms with Crippen LogP contribution in [-0.4, -0.2) is 37.6 Å². The molecule has 7 nitrogen and oxygen atoms in total. The molecule has 2 amide bonds. The highest BCUT2D eigenvalue weighted by atomic mass is 32.2. The average Bonchev–Trinajstić information content (AvgIpc) is 2.69. The van der Waals surface area contributed by atoms with Gasteiger partial charge in [0.05, 0.1) is 16.1 Å². The van der Waals surface area contributed by atoms with Gasteiger partial charge in [-0.05, 0) is 43.2 Å². The van der Waals surface area contributed by atoms with Crippen LogP contribution in [0.5, 0.6) is 0 Å². The zero-order valence-electron chi connectivity index (χ0n) is 14.7. The van der Waals surface area contributed by atoms with Crippen molar-refractivity contribution in [2.24, 2.45) is 5.73 Å². The number of nitrogens with one attached hydrogen (secondary N) is 1. The summed E-state index contributed by atoms with van der Waals surface area (Å²) in [5.41, 5.74) is 5.97. The minimum Gasteiger partial charge on any atom is -0.366 e. The second-order valence-corrected chi connectivity index (χ2v) is 8.29. The Kier molecular flexibility index (Phi) is 5.57. The highest BCUT2D eigenvalue weighted by Gasteiger charge is 2.26. The van der Waals surface area contributed by atoms with Crippen LogP contribution in [0.4, 0.5) is 5.69 Å². The van der Waals surface area contributed by atoms with Crippen LogP contribution in [0, 0.1) is 0 Å². The lowest BCUT2D eigenvalue weighted by Gasteiger charge is -2.26. The van der Waals surface area contributed by atoms with Gasteiger partial charge in [-0.1, -0.05) is 24.6 Å². The lowest BCUT2D eigenvalue weighted by atomic mass is 10.1. The third-order valence-corrected chi connectivity index (χ3v) is 6.38. The monoisotopic (exact) mass is 387 g/mol. The second-order valence-electron chi connectivity index (χ2n) is 6.36. The van der Waals surface area contributed by atoms with Gasteiger partial charge in [0, 0.05) is 18.7 Å². The maximum atomic E-state index is 12.8. The number of anilines is 1. The molecule has 1 heterocycles. The van der Waals surface area contributed by atoms with E-state index in [0.29, 0.717) is 13.1 Å². The van der Waals surface area contributed by atoms with Crippen LogP contribution in [0.2, 0.25) is 0 Å². The number of carbonyl (C=O) groups excluding carboxylic acids is 2. The van der Waals surface area contributed by atoms with Gasteiger partial charge in [-0.25, -0.2) is 8.42 Å². The van der Waals surface area contributed by atoms with E-state index in [4.69, 9.17) is 5.73 Å². The molecule has 0 spiro atoms. The highest BCUT2D eigenvalue weighted by Crippen LogP contribution is 2.22. The molecular weight excluding hydrogens is 366 g/mol. The molecule has 1 saturated heterocycles. The van der Waals surface area contributed by atoms with E-state index in [9.17, 15) is 18.0 Å². The molecule has 2 aromatic carbocycles. The maximum Gasteiger partial charge on any atom is 0.255 e. The number of carbonyl (C=O) groups is 2. The summed E-state index contributed by atoms with van der Waals surface area (Å²) in [4.78, 5) is 24.1. The molecule has 0 aliphatic carbocycles. The van der Waals surface area contributed by atoms with Crippen molar-refractivity contribution in [3.63, 3.8) is 0 Å². The average molecular weight is 387 g/mol. The molecule has 8 heteroatoms. The number of hydrogen-bond acceptors (Lipinski definition) is 4. The fourth-order valence-electron chi connectivity index (χ4n) is 3.05. The van der Waals surface area contributed by atoms with E-state index in [-0.39, 0.29) is 21.7 Å². The number of rotatable bonds is 5. The van der Waals surface area contributed by atoms with Gasteiger partial charge in [0.15, 0.2) is 0 Å². The van der Waals surface area contributed by atoms with Gasteiger partial charge in [-0.3, -0.25) is 9.59 Å². The summed E-state index contributed by atoms with van der Waals surface area (Å²) in [5, 5.41) is 2.62. The number of benzene rings is 2. The Bertz CT molecular complexity index is 966. The first kappa shape index (κ1) is 19.1. The number of hydrogen-bond donors (Lipinski definition) is 2. The Morgan fingerprint density at radius 2 is 1.67 bits per heavy atom. The predicted molar refractivity (Wildman–Crippen MR) is 102 cm³/mol. The largest absolute Gasteiger partial charge is 0.366 e. The number of para-hydroxylation sites is 1. The van der Waals surface area contributed by atoms with Crippen molar-refractivity contribution in [1.29, 1.82) is 0 Å². The Balaban J connectivity index is 1.85. The maximum absolute atomic E-state index is 12.8. The molecule has 142 valence electrons. The molecule has 0 unspecified atom stereocenters. The number of sulfonamides is 1. The number of nitrogens with two attached hydrogens (primary N) is 1. The van der Waals surface area contributed by atoms with E-state index < -0.39 is 21.8 Å². The Morgan fingerprint density at radius 1 is 0.963 bits per heavy atom. The van der Waals surface area contributed by atoms with Crippen molar-refractivity contribution in [2.75, 3.05) is 18.4 Å². The van der Waals surface area contributed by atoms with Crippen LogP contribution in [0.1, 0.15) is 40.0 Å².